The predicted octanol–water partition coefficient (Wildman–Crippen LogP) is 0.225. The number of tetrazole rings is 1. The third kappa shape index (κ3) is 6.19. The summed E-state index contributed by atoms with van der Waals surface area (Å²) in [6.07, 6.45) is 2.02. The molecule has 4 rings (SSSR count). The van der Waals surface area contributed by atoms with Gasteiger partial charge < -0.3 is 20.6 Å². The number of hydrogen-bond donors (Lipinski definition) is 3. The summed E-state index contributed by atoms with van der Waals surface area (Å²) < 4.78 is 1.47. The predicted molar refractivity (Wildman–Crippen MR) is 141 cm³/mol. The number of unbranched alkanes of at least 4 members (excludes halogenated alkanes) is 1. The van der Waals surface area contributed by atoms with Gasteiger partial charge >= 0.3 is 5.97 Å². The zero-order valence-corrected chi connectivity index (χ0v) is 22.6. The molecule has 0 aliphatic carbocycles. The first-order valence-electron chi connectivity index (χ1n) is 11.8. The number of aromatic nitrogens is 5. The van der Waals surface area contributed by atoms with E-state index in [9.17, 15) is 24.3 Å². The molecule has 0 radical (unpaired) electrons. The van der Waals surface area contributed by atoms with E-state index in [2.05, 4.69) is 36.3 Å². The van der Waals surface area contributed by atoms with Gasteiger partial charge in [0.15, 0.2) is 5.71 Å². The van der Waals surface area contributed by atoms with Crippen LogP contribution in [-0.4, -0.2) is 94.6 Å². The highest BCUT2D eigenvalue weighted by molar-refractivity contribution is 8.01. The lowest BCUT2D eigenvalue weighted by Gasteiger charge is -2.49. The molecule has 4 heterocycles. The fraction of sp³-hybridized carbons (Fsp3) is 0.409. The molecule has 0 spiro atoms. The van der Waals surface area contributed by atoms with Crippen molar-refractivity contribution < 1.29 is 29.1 Å². The third-order valence-electron chi connectivity index (χ3n) is 5.65. The van der Waals surface area contributed by atoms with Crippen LogP contribution in [0.1, 0.15) is 25.5 Å². The normalized spacial score (nSPS) is 18.8. The van der Waals surface area contributed by atoms with Gasteiger partial charge in [0.1, 0.15) is 35.2 Å². The second-order valence-corrected chi connectivity index (χ2v) is 10.3. The van der Waals surface area contributed by atoms with Gasteiger partial charge in [-0.25, -0.2) is 14.5 Å². The van der Waals surface area contributed by atoms with Gasteiger partial charge in [0.25, 0.3) is 11.8 Å². The molecule has 3 amide bonds. The Labute approximate surface area is 230 Å². The number of thioether (sulfide) groups is 2. The summed E-state index contributed by atoms with van der Waals surface area (Å²) in [6, 6.07) is 3.65. The Kier molecular flexibility index (Phi) is 9.13. The smallest absolute Gasteiger partial charge is 0.352 e. The Morgan fingerprint density at radius 3 is 2.90 bits per heavy atom. The van der Waals surface area contributed by atoms with Crippen molar-refractivity contribution in [3.8, 4) is 0 Å². The minimum absolute atomic E-state index is 0.108. The molecule has 0 bridgehead atoms. The lowest BCUT2D eigenvalue weighted by Crippen LogP contribution is -2.71. The number of nitrogens with zero attached hydrogens (tertiary/aromatic N) is 7. The molecule has 15 nitrogen and oxygen atoms in total. The first-order valence-corrected chi connectivity index (χ1v) is 13.8. The van der Waals surface area contributed by atoms with Crippen molar-refractivity contribution in [2.75, 3.05) is 23.4 Å². The minimum Gasteiger partial charge on any atom is -0.477 e. The highest BCUT2D eigenvalue weighted by Crippen LogP contribution is 2.41. The summed E-state index contributed by atoms with van der Waals surface area (Å²) in [5.74, 6) is -1.71. The fourth-order valence-electron chi connectivity index (χ4n) is 3.73. The summed E-state index contributed by atoms with van der Waals surface area (Å²) in [4.78, 5) is 60.0. The number of carboxylic acids is 1. The van der Waals surface area contributed by atoms with E-state index in [0.717, 1.165) is 6.42 Å². The summed E-state index contributed by atoms with van der Waals surface area (Å²) in [6.45, 7) is 2.25. The number of rotatable bonds is 13. The second kappa shape index (κ2) is 12.7. The molecule has 2 aliphatic heterocycles. The lowest BCUT2D eigenvalue weighted by atomic mass is 10.0. The standard InChI is InChI=1S/C22H25N9O6S2/c1-3-4-8-37-27-15(13-6-5-7-14(24-13)23-11-32)18(33)25-16-19(34)31-17(21(35)36)12(9-38-20(16)31)10-39-22-26-28-29-30(22)2/h5-7,11,16,20H,3-4,8-10H2,1-2H3,(H,25,33)(H,35,36)(H,23,24,32)/b27-15+/t16?,20-/m1/s1. The summed E-state index contributed by atoms with van der Waals surface area (Å²) >= 11 is 2.60. The van der Waals surface area contributed by atoms with Crippen LogP contribution in [0.15, 0.2) is 39.8 Å². The van der Waals surface area contributed by atoms with E-state index < -0.39 is 29.2 Å². The average molecular weight is 576 g/mol. The maximum atomic E-state index is 13.3. The van der Waals surface area contributed by atoms with E-state index in [1.54, 1.807) is 13.1 Å². The van der Waals surface area contributed by atoms with Crippen LogP contribution < -0.4 is 10.6 Å². The average Bonchev–Trinajstić information content (AvgIpc) is 3.34. The van der Waals surface area contributed by atoms with Gasteiger partial charge in [-0.1, -0.05) is 36.3 Å². The monoisotopic (exact) mass is 575 g/mol. The molecule has 1 fully saturated rings. The van der Waals surface area contributed by atoms with E-state index in [-0.39, 0.29) is 35.3 Å². The molecule has 2 aromatic heterocycles. The van der Waals surface area contributed by atoms with Gasteiger partial charge in [-0.05, 0) is 34.6 Å². The number of nitrogens with one attached hydrogen (secondary N) is 2. The van der Waals surface area contributed by atoms with Crippen molar-refractivity contribution in [3.05, 3.63) is 35.2 Å². The van der Waals surface area contributed by atoms with E-state index in [1.165, 1.54) is 45.2 Å². The number of hydrogen-bond acceptors (Lipinski definition) is 12. The number of pyridine rings is 1. The summed E-state index contributed by atoms with van der Waals surface area (Å²) in [7, 11) is 1.67. The summed E-state index contributed by atoms with van der Waals surface area (Å²) in [5, 5.41) is 30.0. The Morgan fingerprint density at radius 2 is 2.21 bits per heavy atom. The number of β-lactam (4-membered cyclic amide) rings is 1. The van der Waals surface area contributed by atoms with Gasteiger partial charge in [0, 0.05) is 18.6 Å². The van der Waals surface area contributed by atoms with Crippen LogP contribution in [0.2, 0.25) is 0 Å². The van der Waals surface area contributed by atoms with Crippen LogP contribution in [0.3, 0.4) is 0 Å². The van der Waals surface area contributed by atoms with Crippen LogP contribution in [-0.2, 0) is 31.1 Å². The highest BCUT2D eigenvalue weighted by atomic mass is 32.2. The molecule has 1 unspecified atom stereocenters. The molecule has 1 saturated heterocycles. The maximum Gasteiger partial charge on any atom is 0.352 e. The molecule has 0 aromatic carbocycles. The topological polar surface area (TPSA) is 194 Å². The van der Waals surface area contributed by atoms with Crippen molar-refractivity contribution in [3.63, 3.8) is 0 Å². The van der Waals surface area contributed by atoms with Crippen LogP contribution in [0.5, 0.6) is 0 Å². The number of carbonyl (C=O) groups excluding carboxylic acids is 3. The van der Waals surface area contributed by atoms with Gasteiger partial charge in [-0.3, -0.25) is 19.3 Å². The first-order chi connectivity index (χ1) is 18.8. The van der Waals surface area contributed by atoms with Crippen LogP contribution in [0.25, 0.3) is 0 Å². The Bertz CT molecular complexity index is 1330. The molecular weight excluding hydrogens is 550 g/mol. The Balaban J connectivity index is 1.51. The number of aliphatic carboxylic acids is 1. The second-order valence-electron chi connectivity index (χ2n) is 8.29. The van der Waals surface area contributed by atoms with Crippen molar-refractivity contribution >= 4 is 59.2 Å². The van der Waals surface area contributed by atoms with E-state index in [0.29, 0.717) is 29.3 Å². The van der Waals surface area contributed by atoms with Crippen molar-refractivity contribution in [1.82, 2.24) is 35.4 Å². The number of anilines is 1. The molecular formula is C22H25N9O6S2. The van der Waals surface area contributed by atoms with Crippen LogP contribution in [0.4, 0.5) is 5.82 Å². The van der Waals surface area contributed by atoms with Gasteiger partial charge in [-0.2, -0.15) is 0 Å². The molecule has 2 atom stereocenters. The minimum atomic E-state index is -1.24. The maximum absolute atomic E-state index is 13.3. The van der Waals surface area contributed by atoms with Gasteiger partial charge in [-0.15, -0.1) is 16.9 Å². The van der Waals surface area contributed by atoms with Crippen molar-refractivity contribution in [2.45, 2.75) is 36.3 Å². The number of fused-ring (bicyclic) bond motifs is 1. The van der Waals surface area contributed by atoms with Crippen LogP contribution in [0, 0.1) is 0 Å². The number of oxime groups is 1. The molecule has 2 aliphatic rings. The van der Waals surface area contributed by atoms with Crippen molar-refractivity contribution in [1.29, 1.82) is 0 Å². The largest absolute Gasteiger partial charge is 0.477 e. The number of amides is 3. The number of carbonyl (C=O) groups is 4. The molecule has 2 aromatic rings. The van der Waals surface area contributed by atoms with E-state index in [1.807, 2.05) is 6.92 Å². The number of carboxylic acid groups (broad SMARTS) is 1. The lowest BCUT2D eigenvalue weighted by molar-refractivity contribution is -0.150. The molecule has 39 heavy (non-hydrogen) atoms. The first kappa shape index (κ1) is 28.0. The van der Waals surface area contributed by atoms with E-state index >= 15 is 0 Å². The molecule has 206 valence electrons. The zero-order valence-electron chi connectivity index (χ0n) is 20.9. The molecule has 17 heteroatoms. The van der Waals surface area contributed by atoms with E-state index in [4.69, 9.17) is 4.84 Å². The van der Waals surface area contributed by atoms with Gasteiger partial charge in [0.2, 0.25) is 11.6 Å². The highest BCUT2D eigenvalue weighted by Gasteiger charge is 2.54. The number of aryl methyl sites for hydroxylation is 1. The van der Waals surface area contributed by atoms with Crippen molar-refractivity contribution in [2.24, 2.45) is 12.2 Å². The molecule has 0 saturated carbocycles. The van der Waals surface area contributed by atoms with Gasteiger partial charge in [0.05, 0.1) is 0 Å². The SMILES string of the molecule is CCCCO/N=C(/C(=O)NC1C(=O)N2C(C(=O)O)=C(CSc3nnnn3C)CS[C@H]12)c1cccc(NC=O)n1. The Hall–Kier alpha value is -3.99. The zero-order chi connectivity index (χ0) is 27.9. The quantitative estimate of drug-likeness (QED) is 0.0736. The third-order valence-corrected chi connectivity index (χ3v) is 8.09. The fourth-order valence-corrected chi connectivity index (χ4v) is 6.07. The molecule has 3 N–H and O–H groups in total. The summed E-state index contributed by atoms with van der Waals surface area (Å²) in [5.41, 5.74) is 0.378. The van der Waals surface area contributed by atoms with Crippen LogP contribution >= 0.6 is 23.5 Å². The Morgan fingerprint density at radius 1 is 1.38 bits per heavy atom.